The number of nitrogens with zero attached hydrogens (tertiary/aromatic N) is 1. The molecule has 208 valence electrons. The lowest BCUT2D eigenvalue weighted by Crippen LogP contribution is -2.45. The molecule has 1 aromatic carbocycles. The summed E-state index contributed by atoms with van der Waals surface area (Å²) < 4.78 is 15.9. The van der Waals surface area contributed by atoms with Crippen LogP contribution < -0.4 is 6.15 Å². The molecule has 1 unspecified atom stereocenters. The van der Waals surface area contributed by atoms with Crippen LogP contribution in [0.2, 0.25) is 0 Å². The fraction of sp³-hybridized carbons (Fsp3) is 0.778. The Labute approximate surface area is 215 Å². The van der Waals surface area contributed by atoms with E-state index in [-0.39, 0.29) is 12.4 Å². The lowest BCUT2D eigenvalue weighted by molar-refractivity contribution is -0.944. The van der Waals surface area contributed by atoms with Crippen molar-refractivity contribution >= 4 is 7.82 Å². The highest BCUT2D eigenvalue weighted by molar-refractivity contribution is 7.45. The Morgan fingerprint density at radius 1 is 0.743 bits per heavy atom. The van der Waals surface area contributed by atoms with E-state index in [4.69, 9.17) is 24.0 Å². The molecule has 0 aliphatic heterocycles. The number of hydrogen-bond donors (Lipinski definition) is 4. The largest absolute Gasteiger partial charge is 0.466 e. The van der Waals surface area contributed by atoms with E-state index in [1.807, 2.05) is 0 Å². The Balaban J connectivity index is 0. The SMILES string of the molecule is CCCCCCCCCCCCCCCC[N+](C)(C)C(OCC)c1ccccc1.N.O=P(O)(O)O. The predicted molar refractivity (Wildman–Crippen MR) is 147 cm³/mol. The average Bonchev–Trinajstić information content (AvgIpc) is 2.77. The van der Waals surface area contributed by atoms with Crippen LogP contribution in [-0.2, 0) is 9.30 Å². The van der Waals surface area contributed by atoms with Gasteiger partial charge in [0.1, 0.15) is 0 Å². The molecule has 0 aromatic heterocycles. The summed E-state index contributed by atoms with van der Waals surface area (Å²) >= 11 is 0. The monoisotopic (exact) mass is 519 g/mol. The molecule has 0 radical (unpaired) electrons. The molecular weight excluding hydrogens is 463 g/mol. The highest BCUT2D eigenvalue weighted by Crippen LogP contribution is 2.27. The Morgan fingerprint density at radius 3 is 1.49 bits per heavy atom. The van der Waals surface area contributed by atoms with Crippen LogP contribution in [0.1, 0.15) is 116 Å². The van der Waals surface area contributed by atoms with Crippen LogP contribution in [0.3, 0.4) is 0 Å². The first-order valence-electron chi connectivity index (χ1n) is 13.4. The summed E-state index contributed by atoms with van der Waals surface area (Å²) in [6.07, 6.45) is 20.0. The van der Waals surface area contributed by atoms with Crippen molar-refractivity contribution in [3.63, 3.8) is 0 Å². The Kier molecular flexibility index (Phi) is 23.3. The lowest BCUT2D eigenvalue weighted by Gasteiger charge is -2.37. The summed E-state index contributed by atoms with van der Waals surface area (Å²) in [6.45, 7) is 6.34. The Morgan fingerprint density at radius 2 is 1.11 bits per heavy atom. The highest BCUT2D eigenvalue weighted by Gasteiger charge is 2.29. The molecule has 7 nitrogen and oxygen atoms in total. The molecule has 0 amide bonds. The zero-order valence-corrected chi connectivity index (χ0v) is 23.9. The van der Waals surface area contributed by atoms with Crippen molar-refractivity contribution in [2.24, 2.45) is 0 Å². The number of phosphoric acid groups is 1. The minimum Gasteiger partial charge on any atom is -0.344 e. The molecule has 6 N–H and O–H groups in total. The summed E-state index contributed by atoms with van der Waals surface area (Å²) in [5, 5.41) is 0. The summed E-state index contributed by atoms with van der Waals surface area (Å²) in [4.78, 5) is 21.6. The molecule has 35 heavy (non-hydrogen) atoms. The second-order valence-corrected chi connectivity index (χ2v) is 10.9. The van der Waals surface area contributed by atoms with Crippen LogP contribution in [0.25, 0.3) is 0 Å². The van der Waals surface area contributed by atoms with Crippen LogP contribution in [-0.4, -0.2) is 46.4 Å². The summed E-state index contributed by atoms with van der Waals surface area (Å²) in [5.74, 6) is 0. The second kappa shape index (κ2) is 22.4. The number of quaternary nitrogens is 1. The standard InChI is InChI=1S/C27H50NO.H3N.H3O4P/c1-5-7-8-9-10-11-12-13-14-15-16-17-18-22-25-28(3,4)27(29-6-2)26-23-20-19-21-24-26;;1-5(2,3)4/h19-21,23-24,27H,5-18,22,25H2,1-4H3;1H3;(H3,1,2,3,4)/q+1;;. The zero-order valence-electron chi connectivity index (χ0n) is 23.0. The third-order valence-electron chi connectivity index (χ3n) is 6.13. The first-order valence-corrected chi connectivity index (χ1v) is 15.0. The van der Waals surface area contributed by atoms with Gasteiger partial charge in [-0.15, -0.1) is 0 Å². The van der Waals surface area contributed by atoms with Gasteiger partial charge >= 0.3 is 7.82 Å². The molecule has 0 heterocycles. The van der Waals surface area contributed by atoms with Crippen LogP contribution in [0.5, 0.6) is 0 Å². The molecule has 0 saturated carbocycles. The molecule has 0 fully saturated rings. The van der Waals surface area contributed by atoms with E-state index in [1.165, 1.54) is 102 Å². The zero-order chi connectivity index (χ0) is 25.7. The third kappa shape index (κ3) is 23.4. The van der Waals surface area contributed by atoms with Crippen molar-refractivity contribution in [2.75, 3.05) is 27.2 Å². The van der Waals surface area contributed by atoms with Gasteiger partial charge in [-0.05, 0) is 19.8 Å². The van der Waals surface area contributed by atoms with E-state index >= 15 is 0 Å². The molecular formula is C27H56N2O5P+. The minimum atomic E-state index is -4.64. The number of hydrogen-bond acceptors (Lipinski definition) is 3. The van der Waals surface area contributed by atoms with E-state index in [0.717, 1.165) is 11.1 Å². The number of rotatable bonds is 19. The van der Waals surface area contributed by atoms with Gasteiger partial charge in [0, 0.05) is 5.56 Å². The molecule has 0 bridgehead atoms. The maximum Gasteiger partial charge on any atom is 0.466 e. The van der Waals surface area contributed by atoms with Gasteiger partial charge in [0.2, 0.25) is 6.23 Å². The van der Waals surface area contributed by atoms with Gasteiger partial charge in [0.05, 0.1) is 27.2 Å². The molecule has 0 aliphatic rings. The van der Waals surface area contributed by atoms with Crippen LogP contribution in [0.4, 0.5) is 0 Å². The van der Waals surface area contributed by atoms with Gasteiger partial charge in [-0.1, -0.05) is 114 Å². The first-order chi connectivity index (χ1) is 16.1. The van der Waals surface area contributed by atoms with Gasteiger partial charge in [0.25, 0.3) is 0 Å². The molecule has 1 aromatic rings. The van der Waals surface area contributed by atoms with Gasteiger partial charge in [0.15, 0.2) is 0 Å². The first kappa shape index (κ1) is 36.4. The quantitative estimate of drug-likeness (QED) is 0.0649. The van der Waals surface area contributed by atoms with Gasteiger partial charge in [-0.25, -0.2) is 4.57 Å². The van der Waals surface area contributed by atoms with E-state index in [9.17, 15) is 0 Å². The third-order valence-corrected chi connectivity index (χ3v) is 6.13. The van der Waals surface area contributed by atoms with Gasteiger partial charge < -0.3 is 25.6 Å². The van der Waals surface area contributed by atoms with E-state index in [1.54, 1.807) is 0 Å². The number of benzene rings is 1. The van der Waals surface area contributed by atoms with Crippen molar-refractivity contribution < 1.29 is 28.5 Å². The van der Waals surface area contributed by atoms with Crippen molar-refractivity contribution in [3.8, 4) is 0 Å². The summed E-state index contributed by atoms with van der Waals surface area (Å²) in [5.41, 5.74) is 1.30. The maximum atomic E-state index is 8.88. The van der Waals surface area contributed by atoms with Crippen LogP contribution >= 0.6 is 7.82 Å². The topological polar surface area (TPSA) is 122 Å². The molecule has 8 heteroatoms. The molecule has 0 saturated heterocycles. The fourth-order valence-corrected chi connectivity index (χ4v) is 4.31. The Bertz CT molecular complexity index is 617. The van der Waals surface area contributed by atoms with Crippen molar-refractivity contribution in [1.29, 1.82) is 0 Å². The van der Waals surface area contributed by atoms with Gasteiger partial charge in [-0.2, -0.15) is 0 Å². The number of unbranched alkanes of at least 4 members (excludes halogenated alkanes) is 13. The molecule has 0 aliphatic carbocycles. The summed E-state index contributed by atoms with van der Waals surface area (Å²) in [6, 6.07) is 10.7. The minimum absolute atomic E-state index is 0. The lowest BCUT2D eigenvalue weighted by atomic mass is 10.0. The normalized spacial score (nSPS) is 12.4. The van der Waals surface area contributed by atoms with Crippen molar-refractivity contribution in [2.45, 2.75) is 110 Å². The van der Waals surface area contributed by atoms with E-state index < -0.39 is 7.82 Å². The molecule has 0 spiro atoms. The number of ether oxygens (including phenoxy) is 1. The summed E-state index contributed by atoms with van der Waals surface area (Å²) in [7, 11) is -0.00877. The second-order valence-electron chi connectivity index (χ2n) is 9.83. The van der Waals surface area contributed by atoms with Crippen molar-refractivity contribution in [1.82, 2.24) is 6.15 Å². The van der Waals surface area contributed by atoms with E-state index in [0.29, 0.717) is 0 Å². The van der Waals surface area contributed by atoms with E-state index in [2.05, 4.69) is 58.3 Å². The Hall–Kier alpha value is -0.790. The smallest absolute Gasteiger partial charge is 0.344 e. The average molecular weight is 520 g/mol. The highest BCUT2D eigenvalue weighted by atomic mass is 31.2. The van der Waals surface area contributed by atoms with Crippen LogP contribution in [0.15, 0.2) is 30.3 Å². The molecule has 1 atom stereocenters. The molecule has 1 rings (SSSR count). The van der Waals surface area contributed by atoms with Crippen molar-refractivity contribution in [3.05, 3.63) is 35.9 Å². The fourth-order valence-electron chi connectivity index (χ4n) is 4.31. The van der Waals surface area contributed by atoms with Gasteiger partial charge in [-0.3, -0.25) is 4.48 Å². The maximum absolute atomic E-state index is 8.88. The predicted octanol–water partition coefficient (Wildman–Crippen LogP) is 7.51. The van der Waals surface area contributed by atoms with Crippen LogP contribution in [0, 0.1) is 0 Å².